The van der Waals surface area contributed by atoms with E-state index in [1.807, 2.05) is 13.0 Å². The Kier molecular flexibility index (Phi) is 5.30. The largest absolute Gasteiger partial charge is 0.495 e. The third-order valence-corrected chi connectivity index (χ3v) is 3.14. The molecule has 1 heterocycles. The molecule has 0 atom stereocenters. The quantitative estimate of drug-likeness (QED) is 0.883. The Labute approximate surface area is 128 Å². The van der Waals surface area contributed by atoms with Crippen LogP contribution in [0.1, 0.15) is 19.0 Å². The summed E-state index contributed by atoms with van der Waals surface area (Å²) in [6, 6.07) is 8.58. The van der Waals surface area contributed by atoms with Gasteiger partial charge in [-0.05, 0) is 18.6 Å². The number of rotatable bonds is 6. The molecule has 0 spiro atoms. The van der Waals surface area contributed by atoms with Gasteiger partial charge in [-0.2, -0.15) is 0 Å². The fourth-order valence-corrected chi connectivity index (χ4v) is 2.07. The zero-order valence-electron chi connectivity index (χ0n) is 12.7. The molecular formula is C16H19N3O3. The van der Waals surface area contributed by atoms with Crippen LogP contribution in [0.15, 0.2) is 41.5 Å². The number of carbonyl (C=O) groups excluding carboxylic acids is 1. The lowest BCUT2D eigenvalue weighted by atomic mass is 10.2. The number of aromatic nitrogens is 2. The van der Waals surface area contributed by atoms with E-state index in [4.69, 9.17) is 4.74 Å². The normalized spacial score (nSPS) is 10.3. The Morgan fingerprint density at radius 3 is 2.82 bits per heavy atom. The zero-order chi connectivity index (χ0) is 15.9. The van der Waals surface area contributed by atoms with Gasteiger partial charge in [0.05, 0.1) is 19.1 Å². The molecule has 0 radical (unpaired) electrons. The van der Waals surface area contributed by atoms with Crippen molar-refractivity contribution >= 4 is 11.6 Å². The first-order chi connectivity index (χ1) is 10.6. The van der Waals surface area contributed by atoms with E-state index in [1.54, 1.807) is 18.2 Å². The van der Waals surface area contributed by atoms with Crippen LogP contribution in [0.5, 0.6) is 5.75 Å². The SMILES string of the molecule is CCCc1cc(=O)n(CC(=O)Nc2ccccc2OC)cn1. The number of carbonyl (C=O) groups is 1. The molecular weight excluding hydrogens is 282 g/mol. The zero-order valence-corrected chi connectivity index (χ0v) is 12.7. The van der Waals surface area contributed by atoms with Crippen LogP contribution in [0.2, 0.25) is 0 Å². The fourth-order valence-electron chi connectivity index (χ4n) is 2.07. The first-order valence-corrected chi connectivity index (χ1v) is 7.12. The third kappa shape index (κ3) is 3.94. The summed E-state index contributed by atoms with van der Waals surface area (Å²) in [5.74, 6) is 0.260. The van der Waals surface area contributed by atoms with Crippen LogP contribution in [0, 0.1) is 0 Å². The van der Waals surface area contributed by atoms with E-state index < -0.39 is 0 Å². The van der Waals surface area contributed by atoms with Gasteiger partial charge in [0.2, 0.25) is 5.91 Å². The van der Waals surface area contributed by atoms with Crippen molar-refractivity contribution in [2.75, 3.05) is 12.4 Å². The summed E-state index contributed by atoms with van der Waals surface area (Å²) in [6.07, 6.45) is 3.09. The van der Waals surface area contributed by atoms with E-state index in [0.29, 0.717) is 11.4 Å². The first-order valence-electron chi connectivity index (χ1n) is 7.12. The number of nitrogens with one attached hydrogen (secondary N) is 1. The minimum atomic E-state index is -0.309. The van der Waals surface area contributed by atoms with Gasteiger partial charge >= 0.3 is 0 Å². The second kappa shape index (κ2) is 7.40. The van der Waals surface area contributed by atoms with Crippen molar-refractivity contribution in [2.45, 2.75) is 26.3 Å². The van der Waals surface area contributed by atoms with Gasteiger partial charge in [0.1, 0.15) is 12.3 Å². The molecule has 0 aliphatic rings. The average molecular weight is 301 g/mol. The van der Waals surface area contributed by atoms with Gasteiger partial charge in [-0.1, -0.05) is 25.5 Å². The van der Waals surface area contributed by atoms with Crippen LogP contribution in [0.3, 0.4) is 0 Å². The van der Waals surface area contributed by atoms with Crippen molar-refractivity contribution in [2.24, 2.45) is 0 Å². The lowest BCUT2D eigenvalue weighted by molar-refractivity contribution is -0.116. The van der Waals surface area contributed by atoms with E-state index in [0.717, 1.165) is 18.5 Å². The van der Waals surface area contributed by atoms with Crippen molar-refractivity contribution in [1.29, 1.82) is 0 Å². The summed E-state index contributed by atoms with van der Waals surface area (Å²) in [6.45, 7) is 1.93. The Bertz CT molecular complexity index is 710. The minimum absolute atomic E-state index is 0.0870. The molecule has 0 aliphatic heterocycles. The minimum Gasteiger partial charge on any atom is -0.495 e. The van der Waals surface area contributed by atoms with Crippen LogP contribution in [0.4, 0.5) is 5.69 Å². The number of anilines is 1. The number of hydrogen-bond acceptors (Lipinski definition) is 4. The number of benzene rings is 1. The lowest BCUT2D eigenvalue weighted by Gasteiger charge is -2.10. The van der Waals surface area contributed by atoms with Gasteiger partial charge < -0.3 is 10.1 Å². The predicted octanol–water partition coefficient (Wildman–Crippen LogP) is 1.84. The number of nitrogens with zero attached hydrogens (tertiary/aromatic N) is 2. The Morgan fingerprint density at radius 2 is 2.14 bits per heavy atom. The molecule has 6 nitrogen and oxygen atoms in total. The van der Waals surface area contributed by atoms with Gasteiger partial charge in [-0.25, -0.2) is 4.98 Å². The van der Waals surface area contributed by atoms with E-state index in [1.165, 1.54) is 24.1 Å². The summed E-state index contributed by atoms with van der Waals surface area (Å²) in [5.41, 5.74) is 1.08. The molecule has 1 aromatic carbocycles. The summed E-state index contributed by atoms with van der Waals surface area (Å²) in [7, 11) is 1.53. The van der Waals surface area contributed by atoms with Crippen LogP contribution in [0.25, 0.3) is 0 Å². The molecule has 2 rings (SSSR count). The molecule has 1 aromatic heterocycles. The van der Waals surface area contributed by atoms with Crippen LogP contribution in [-0.4, -0.2) is 22.6 Å². The smallest absolute Gasteiger partial charge is 0.253 e. The predicted molar refractivity (Wildman–Crippen MR) is 84.1 cm³/mol. The molecule has 116 valence electrons. The monoisotopic (exact) mass is 301 g/mol. The highest BCUT2D eigenvalue weighted by atomic mass is 16.5. The number of ether oxygens (including phenoxy) is 1. The second-order valence-electron chi connectivity index (χ2n) is 4.84. The molecule has 1 N–H and O–H groups in total. The number of methoxy groups -OCH3 is 1. The van der Waals surface area contributed by atoms with Crippen LogP contribution in [-0.2, 0) is 17.8 Å². The van der Waals surface area contributed by atoms with Gasteiger partial charge in [-0.15, -0.1) is 0 Å². The average Bonchev–Trinajstić information content (AvgIpc) is 2.51. The first kappa shape index (κ1) is 15.8. The van der Waals surface area contributed by atoms with Crippen molar-refractivity contribution in [3.63, 3.8) is 0 Å². The molecule has 2 aromatic rings. The maximum atomic E-state index is 12.1. The van der Waals surface area contributed by atoms with Crippen molar-refractivity contribution < 1.29 is 9.53 Å². The van der Waals surface area contributed by atoms with E-state index in [9.17, 15) is 9.59 Å². The third-order valence-electron chi connectivity index (χ3n) is 3.14. The van der Waals surface area contributed by atoms with Crippen molar-refractivity contribution in [3.8, 4) is 5.75 Å². The lowest BCUT2D eigenvalue weighted by Crippen LogP contribution is -2.28. The highest BCUT2D eigenvalue weighted by Crippen LogP contribution is 2.22. The maximum Gasteiger partial charge on any atom is 0.253 e. The fraction of sp³-hybridized carbons (Fsp3) is 0.312. The second-order valence-corrected chi connectivity index (χ2v) is 4.84. The molecule has 0 unspecified atom stereocenters. The van der Waals surface area contributed by atoms with E-state index in [2.05, 4.69) is 10.3 Å². The molecule has 22 heavy (non-hydrogen) atoms. The summed E-state index contributed by atoms with van der Waals surface area (Å²) < 4.78 is 6.45. The van der Waals surface area contributed by atoms with Crippen molar-refractivity contribution in [1.82, 2.24) is 9.55 Å². The van der Waals surface area contributed by atoms with Crippen LogP contribution >= 0.6 is 0 Å². The summed E-state index contributed by atoms with van der Waals surface area (Å²) in [5, 5.41) is 2.73. The Morgan fingerprint density at radius 1 is 1.36 bits per heavy atom. The van der Waals surface area contributed by atoms with Gasteiger partial charge in [0, 0.05) is 11.8 Å². The topological polar surface area (TPSA) is 73.2 Å². The highest BCUT2D eigenvalue weighted by Gasteiger charge is 2.09. The number of amides is 1. The molecule has 0 saturated carbocycles. The Hall–Kier alpha value is -2.63. The number of para-hydroxylation sites is 2. The molecule has 1 amide bonds. The molecule has 6 heteroatoms. The van der Waals surface area contributed by atoms with Crippen LogP contribution < -0.4 is 15.6 Å². The standard InChI is InChI=1S/C16H19N3O3/c1-3-6-12-9-16(21)19(11-17-12)10-15(20)18-13-7-4-5-8-14(13)22-2/h4-5,7-9,11H,3,6,10H2,1-2H3,(H,18,20). The molecule has 0 saturated heterocycles. The van der Waals surface area contributed by atoms with E-state index in [-0.39, 0.29) is 18.0 Å². The number of hydrogen-bond donors (Lipinski definition) is 1. The summed E-state index contributed by atoms with van der Waals surface area (Å²) >= 11 is 0. The molecule has 0 bridgehead atoms. The highest BCUT2D eigenvalue weighted by molar-refractivity contribution is 5.92. The van der Waals surface area contributed by atoms with Gasteiger partial charge in [0.15, 0.2) is 0 Å². The molecule has 0 aliphatic carbocycles. The molecule has 0 fully saturated rings. The van der Waals surface area contributed by atoms with Gasteiger partial charge in [-0.3, -0.25) is 14.2 Å². The Balaban J connectivity index is 2.07. The number of aryl methyl sites for hydroxylation is 1. The van der Waals surface area contributed by atoms with E-state index >= 15 is 0 Å². The van der Waals surface area contributed by atoms with Crippen molar-refractivity contribution in [3.05, 3.63) is 52.7 Å². The summed E-state index contributed by atoms with van der Waals surface area (Å²) in [4.78, 5) is 28.2. The van der Waals surface area contributed by atoms with Gasteiger partial charge in [0.25, 0.3) is 5.56 Å². The maximum absolute atomic E-state index is 12.1.